The first-order valence-electron chi connectivity index (χ1n) is 8.55. The van der Waals surface area contributed by atoms with E-state index in [1.54, 1.807) is 4.90 Å². The Labute approximate surface area is 142 Å². The van der Waals surface area contributed by atoms with Gasteiger partial charge < -0.3 is 10.0 Å². The summed E-state index contributed by atoms with van der Waals surface area (Å²) in [5, 5.41) is 15.2. The largest absolute Gasteiger partial charge is 0.383 e. The number of carbonyl (C=O) groups excluding carboxylic acids is 1. The van der Waals surface area contributed by atoms with E-state index in [0.29, 0.717) is 25.9 Å². The smallest absolute Gasteiger partial charge is 0.222 e. The molecular weight excluding hydrogens is 302 g/mol. The highest BCUT2D eigenvalue weighted by Crippen LogP contribution is 2.32. The number of β-amino-alcohol motifs (C(OH)–C–C–N with tert-alkyl or cyclic N) is 1. The first-order chi connectivity index (χ1) is 11.5. The van der Waals surface area contributed by atoms with E-state index in [1.807, 2.05) is 54.9 Å². The Hall–Kier alpha value is -2.14. The quantitative estimate of drug-likeness (QED) is 0.917. The molecule has 1 amide bonds. The van der Waals surface area contributed by atoms with Crippen molar-refractivity contribution in [3.63, 3.8) is 0 Å². The molecule has 1 fully saturated rings. The molecule has 5 nitrogen and oxygen atoms in total. The normalized spacial score (nSPS) is 20.5. The van der Waals surface area contributed by atoms with E-state index < -0.39 is 5.60 Å². The molecule has 5 heteroatoms. The topological polar surface area (TPSA) is 58.4 Å². The number of aliphatic hydroxyl groups is 1. The Kier molecular flexibility index (Phi) is 4.71. The van der Waals surface area contributed by atoms with Gasteiger partial charge in [0.2, 0.25) is 5.91 Å². The number of amides is 1. The van der Waals surface area contributed by atoms with E-state index in [-0.39, 0.29) is 5.91 Å². The Bertz CT molecular complexity index is 711. The van der Waals surface area contributed by atoms with Crippen molar-refractivity contribution in [1.82, 2.24) is 14.7 Å². The number of hydrogen-bond acceptors (Lipinski definition) is 3. The Balaban J connectivity index is 1.52. The highest BCUT2D eigenvalue weighted by atomic mass is 16.3. The minimum absolute atomic E-state index is 0.114. The second kappa shape index (κ2) is 6.77. The van der Waals surface area contributed by atoms with E-state index in [1.165, 1.54) is 0 Å². The van der Waals surface area contributed by atoms with Crippen LogP contribution in [0.4, 0.5) is 0 Å². The van der Waals surface area contributed by atoms with Gasteiger partial charge in [0, 0.05) is 25.2 Å². The zero-order valence-corrected chi connectivity index (χ0v) is 14.4. The number of aryl methyl sites for hydroxylation is 3. The van der Waals surface area contributed by atoms with E-state index >= 15 is 0 Å². The third-order valence-electron chi connectivity index (χ3n) is 4.78. The van der Waals surface area contributed by atoms with Crippen molar-refractivity contribution in [1.29, 1.82) is 0 Å². The Morgan fingerprint density at radius 2 is 2.04 bits per heavy atom. The number of aromatic nitrogens is 2. The van der Waals surface area contributed by atoms with Gasteiger partial charge in [0.25, 0.3) is 0 Å². The maximum Gasteiger partial charge on any atom is 0.222 e. The zero-order valence-electron chi connectivity index (χ0n) is 14.4. The average Bonchev–Trinajstić information content (AvgIpc) is 3.12. The van der Waals surface area contributed by atoms with Crippen LogP contribution in [0.2, 0.25) is 0 Å². The van der Waals surface area contributed by atoms with Crippen molar-refractivity contribution in [2.45, 2.75) is 45.3 Å². The van der Waals surface area contributed by atoms with E-state index in [0.717, 1.165) is 29.9 Å². The fourth-order valence-electron chi connectivity index (χ4n) is 3.43. The number of carbonyl (C=O) groups is 1. The number of hydrogen-bond donors (Lipinski definition) is 1. The lowest BCUT2D eigenvalue weighted by Gasteiger charge is -2.24. The average molecular weight is 327 g/mol. The monoisotopic (exact) mass is 327 g/mol. The molecule has 128 valence electrons. The van der Waals surface area contributed by atoms with Crippen LogP contribution in [-0.2, 0) is 16.9 Å². The molecule has 0 bridgehead atoms. The van der Waals surface area contributed by atoms with Crippen LogP contribution in [0.5, 0.6) is 0 Å². The number of rotatable bonds is 5. The molecule has 1 aliphatic rings. The molecule has 2 heterocycles. The minimum Gasteiger partial charge on any atom is -0.383 e. The van der Waals surface area contributed by atoms with Crippen LogP contribution < -0.4 is 0 Å². The molecule has 1 N–H and O–H groups in total. The minimum atomic E-state index is -0.910. The number of benzene rings is 1. The lowest BCUT2D eigenvalue weighted by atomic mass is 9.93. The predicted molar refractivity (Wildman–Crippen MR) is 92.5 cm³/mol. The molecule has 1 unspecified atom stereocenters. The standard InChI is InChI=1S/C19H25N3O2/c1-15-13-16(2)22(20-15)11-6-9-18(23)21-12-10-19(24,14-21)17-7-4-3-5-8-17/h3-5,7-8,13,24H,6,9-12,14H2,1-2H3. The fraction of sp³-hybridized carbons (Fsp3) is 0.474. The van der Waals surface area contributed by atoms with Crippen LogP contribution in [0.1, 0.15) is 36.2 Å². The highest BCUT2D eigenvalue weighted by Gasteiger charge is 2.39. The third kappa shape index (κ3) is 3.51. The molecule has 1 aromatic heterocycles. The lowest BCUT2D eigenvalue weighted by Crippen LogP contribution is -2.34. The first kappa shape index (κ1) is 16.7. The maximum atomic E-state index is 12.4. The fourth-order valence-corrected chi connectivity index (χ4v) is 3.43. The van der Waals surface area contributed by atoms with E-state index in [4.69, 9.17) is 0 Å². The second-order valence-corrected chi connectivity index (χ2v) is 6.72. The van der Waals surface area contributed by atoms with Crippen LogP contribution in [0, 0.1) is 13.8 Å². The van der Waals surface area contributed by atoms with E-state index in [2.05, 4.69) is 5.10 Å². The number of likely N-dealkylation sites (tertiary alicyclic amines) is 1. The lowest BCUT2D eigenvalue weighted by molar-refractivity contribution is -0.131. The van der Waals surface area contributed by atoms with Crippen molar-refractivity contribution >= 4 is 5.91 Å². The molecule has 0 radical (unpaired) electrons. The summed E-state index contributed by atoms with van der Waals surface area (Å²) in [5.41, 5.74) is 2.11. The molecule has 1 saturated heterocycles. The summed E-state index contributed by atoms with van der Waals surface area (Å²) in [7, 11) is 0. The van der Waals surface area contributed by atoms with Gasteiger partial charge in [-0.1, -0.05) is 30.3 Å². The SMILES string of the molecule is Cc1cc(C)n(CCCC(=O)N2CCC(O)(c3ccccc3)C2)n1. The van der Waals surface area contributed by atoms with Crippen molar-refractivity contribution in [3.05, 3.63) is 53.3 Å². The molecule has 24 heavy (non-hydrogen) atoms. The van der Waals surface area contributed by atoms with Gasteiger partial charge in [-0.25, -0.2) is 0 Å². The summed E-state index contributed by atoms with van der Waals surface area (Å²) < 4.78 is 1.95. The number of nitrogens with zero attached hydrogens (tertiary/aromatic N) is 3. The van der Waals surface area contributed by atoms with Crippen molar-refractivity contribution < 1.29 is 9.90 Å². The third-order valence-corrected chi connectivity index (χ3v) is 4.78. The Morgan fingerprint density at radius 3 is 2.71 bits per heavy atom. The summed E-state index contributed by atoms with van der Waals surface area (Å²) in [6, 6.07) is 11.7. The van der Waals surface area contributed by atoms with Crippen molar-refractivity contribution in [2.24, 2.45) is 0 Å². The van der Waals surface area contributed by atoms with Crippen LogP contribution in [-0.4, -0.2) is 38.8 Å². The van der Waals surface area contributed by atoms with E-state index in [9.17, 15) is 9.90 Å². The summed E-state index contributed by atoms with van der Waals surface area (Å²) in [6.07, 6.45) is 1.85. The summed E-state index contributed by atoms with van der Waals surface area (Å²) in [5.74, 6) is 0.114. The van der Waals surface area contributed by atoms with Gasteiger partial charge in [0.05, 0.1) is 12.2 Å². The van der Waals surface area contributed by atoms with Gasteiger partial charge in [-0.15, -0.1) is 0 Å². The Morgan fingerprint density at radius 1 is 1.29 bits per heavy atom. The molecule has 2 aromatic rings. The van der Waals surface area contributed by atoms with Crippen LogP contribution in [0.3, 0.4) is 0 Å². The van der Waals surface area contributed by atoms with Crippen LogP contribution in [0.15, 0.2) is 36.4 Å². The molecule has 0 aliphatic carbocycles. The molecule has 0 saturated carbocycles. The second-order valence-electron chi connectivity index (χ2n) is 6.72. The van der Waals surface area contributed by atoms with Gasteiger partial charge in [0.1, 0.15) is 5.60 Å². The van der Waals surface area contributed by atoms with Gasteiger partial charge in [-0.3, -0.25) is 9.48 Å². The summed E-state index contributed by atoms with van der Waals surface area (Å²) in [4.78, 5) is 14.2. The maximum absolute atomic E-state index is 12.4. The van der Waals surface area contributed by atoms with Crippen molar-refractivity contribution in [3.8, 4) is 0 Å². The van der Waals surface area contributed by atoms with Gasteiger partial charge in [-0.05, 0) is 38.3 Å². The molecule has 0 spiro atoms. The van der Waals surface area contributed by atoms with Crippen LogP contribution >= 0.6 is 0 Å². The molecule has 1 aromatic carbocycles. The molecular formula is C19H25N3O2. The van der Waals surface area contributed by atoms with Crippen molar-refractivity contribution in [2.75, 3.05) is 13.1 Å². The first-order valence-corrected chi connectivity index (χ1v) is 8.55. The van der Waals surface area contributed by atoms with Crippen LogP contribution in [0.25, 0.3) is 0 Å². The molecule has 1 atom stereocenters. The zero-order chi connectivity index (χ0) is 17.2. The van der Waals surface area contributed by atoms with Gasteiger partial charge in [-0.2, -0.15) is 5.10 Å². The summed E-state index contributed by atoms with van der Waals surface area (Å²) >= 11 is 0. The highest BCUT2D eigenvalue weighted by molar-refractivity contribution is 5.76. The summed E-state index contributed by atoms with van der Waals surface area (Å²) in [6.45, 7) is 5.76. The molecule has 3 rings (SSSR count). The van der Waals surface area contributed by atoms with Gasteiger partial charge in [0.15, 0.2) is 0 Å². The molecule has 1 aliphatic heterocycles. The predicted octanol–water partition coefficient (Wildman–Crippen LogP) is 2.40. The van der Waals surface area contributed by atoms with Gasteiger partial charge >= 0.3 is 0 Å².